The number of imidazole rings is 1. The van der Waals surface area contributed by atoms with Gasteiger partial charge in [0.2, 0.25) is 10.0 Å². The van der Waals surface area contributed by atoms with Gasteiger partial charge in [-0.3, -0.25) is 4.57 Å². The van der Waals surface area contributed by atoms with Gasteiger partial charge in [-0.2, -0.15) is 4.31 Å². The minimum atomic E-state index is -3.56. The SMILES string of the molecule is CN1CCN(S(=O)(=O)c2ccc3c(c2)[nH]c(=O)n3Cc2ccccc2)CC1. The quantitative estimate of drug-likeness (QED) is 0.733. The lowest BCUT2D eigenvalue weighted by molar-refractivity contribution is 0.222. The Kier molecular flexibility index (Phi) is 4.63. The molecular weight excluding hydrogens is 364 g/mol. The molecule has 4 rings (SSSR count). The Bertz CT molecular complexity index is 1110. The molecule has 0 bridgehead atoms. The molecule has 0 radical (unpaired) electrons. The predicted molar refractivity (Wildman–Crippen MR) is 104 cm³/mol. The van der Waals surface area contributed by atoms with Crippen molar-refractivity contribution in [1.82, 2.24) is 18.8 Å². The molecule has 2 heterocycles. The number of hydrogen-bond donors (Lipinski definition) is 1. The maximum absolute atomic E-state index is 12.9. The zero-order chi connectivity index (χ0) is 19.0. The fourth-order valence-corrected chi connectivity index (χ4v) is 4.85. The van der Waals surface area contributed by atoms with Gasteiger partial charge >= 0.3 is 5.69 Å². The number of aromatic amines is 1. The molecule has 0 atom stereocenters. The first-order valence-corrected chi connectivity index (χ1v) is 10.3. The Labute approximate surface area is 157 Å². The summed E-state index contributed by atoms with van der Waals surface area (Å²) in [7, 11) is -1.58. The summed E-state index contributed by atoms with van der Waals surface area (Å²) >= 11 is 0. The molecule has 1 fully saturated rings. The monoisotopic (exact) mass is 386 g/mol. The molecule has 0 spiro atoms. The van der Waals surface area contributed by atoms with Crippen molar-refractivity contribution in [3.8, 4) is 0 Å². The van der Waals surface area contributed by atoms with Crippen LogP contribution in [0.25, 0.3) is 11.0 Å². The number of piperazine rings is 1. The van der Waals surface area contributed by atoms with Gasteiger partial charge in [0.05, 0.1) is 22.5 Å². The molecule has 0 amide bonds. The fraction of sp³-hybridized carbons (Fsp3) is 0.316. The number of hydrogen-bond acceptors (Lipinski definition) is 4. The third kappa shape index (κ3) is 3.43. The minimum Gasteiger partial charge on any atom is -0.305 e. The first-order chi connectivity index (χ1) is 12.9. The van der Waals surface area contributed by atoms with E-state index in [4.69, 9.17) is 0 Å². The smallest absolute Gasteiger partial charge is 0.305 e. The Hall–Kier alpha value is -2.42. The van der Waals surface area contributed by atoms with Gasteiger partial charge in [0, 0.05) is 26.2 Å². The van der Waals surface area contributed by atoms with E-state index in [2.05, 4.69) is 9.88 Å². The van der Waals surface area contributed by atoms with Crippen LogP contribution >= 0.6 is 0 Å². The molecule has 2 aromatic carbocycles. The van der Waals surface area contributed by atoms with E-state index in [1.807, 2.05) is 37.4 Å². The summed E-state index contributed by atoms with van der Waals surface area (Å²) in [6, 6.07) is 14.5. The minimum absolute atomic E-state index is 0.215. The van der Waals surface area contributed by atoms with Gasteiger partial charge < -0.3 is 9.88 Å². The highest BCUT2D eigenvalue weighted by Crippen LogP contribution is 2.22. The number of H-pyrrole nitrogens is 1. The number of sulfonamides is 1. The molecule has 3 aromatic rings. The molecule has 0 aliphatic carbocycles. The predicted octanol–water partition coefficient (Wildman–Crippen LogP) is 1.31. The summed E-state index contributed by atoms with van der Waals surface area (Å²) in [5.41, 5.74) is 1.99. The Morgan fingerprint density at radius 2 is 1.70 bits per heavy atom. The summed E-state index contributed by atoms with van der Waals surface area (Å²) in [4.78, 5) is 17.5. The van der Waals surface area contributed by atoms with Crippen LogP contribution in [0.2, 0.25) is 0 Å². The van der Waals surface area contributed by atoms with E-state index in [0.717, 1.165) is 5.56 Å². The number of benzene rings is 2. The summed E-state index contributed by atoms with van der Waals surface area (Å²) in [6.45, 7) is 2.81. The van der Waals surface area contributed by atoms with Crippen molar-refractivity contribution in [1.29, 1.82) is 0 Å². The van der Waals surface area contributed by atoms with Crippen molar-refractivity contribution in [2.45, 2.75) is 11.4 Å². The number of fused-ring (bicyclic) bond motifs is 1. The molecule has 142 valence electrons. The standard InChI is InChI=1S/C19H22N4O3S/c1-21-9-11-22(12-10-21)27(25,26)16-7-8-18-17(13-16)20-19(24)23(18)14-15-5-3-2-4-6-15/h2-8,13H,9-12,14H2,1H3,(H,20,24). The van der Waals surface area contributed by atoms with Gasteiger partial charge in [-0.1, -0.05) is 30.3 Å². The van der Waals surface area contributed by atoms with Crippen LogP contribution < -0.4 is 5.69 Å². The van der Waals surface area contributed by atoms with Gasteiger partial charge in [0.15, 0.2) is 0 Å². The first-order valence-electron chi connectivity index (χ1n) is 8.90. The molecule has 1 aliphatic heterocycles. The van der Waals surface area contributed by atoms with Crippen LogP contribution in [0.4, 0.5) is 0 Å². The van der Waals surface area contributed by atoms with Gasteiger partial charge in [0.25, 0.3) is 0 Å². The topological polar surface area (TPSA) is 78.4 Å². The normalized spacial score (nSPS) is 16.8. The highest BCUT2D eigenvalue weighted by atomic mass is 32.2. The van der Waals surface area contributed by atoms with Crippen LogP contribution in [0, 0.1) is 0 Å². The molecule has 0 saturated carbocycles. The van der Waals surface area contributed by atoms with Gasteiger partial charge in [-0.25, -0.2) is 13.2 Å². The molecule has 7 nitrogen and oxygen atoms in total. The summed E-state index contributed by atoms with van der Waals surface area (Å²) < 4.78 is 29.0. The van der Waals surface area contributed by atoms with E-state index < -0.39 is 10.0 Å². The molecule has 0 unspecified atom stereocenters. The van der Waals surface area contributed by atoms with Crippen molar-refractivity contribution in [2.75, 3.05) is 33.2 Å². The lowest BCUT2D eigenvalue weighted by atomic mass is 10.2. The highest BCUT2D eigenvalue weighted by molar-refractivity contribution is 7.89. The van der Waals surface area contributed by atoms with E-state index in [1.54, 1.807) is 22.8 Å². The van der Waals surface area contributed by atoms with Crippen molar-refractivity contribution in [3.05, 3.63) is 64.6 Å². The highest BCUT2D eigenvalue weighted by Gasteiger charge is 2.27. The maximum Gasteiger partial charge on any atom is 0.326 e. The van der Waals surface area contributed by atoms with E-state index in [0.29, 0.717) is 43.8 Å². The van der Waals surface area contributed by atoms with E-state index in [9.17, 15) is 13.2 Å². The fourth-order valence-electron chi connectivity index (χ4n) is 3.40. The van der Waals surface area contributed by atoms with Crippen LogP contribution in [0.3, 0.4) is 0 Å². The van der Waals surface area contributed by atoms with Crippen molar-refractivity contribution < 1.29 is 8.42 Å². The van der Waals surface area contributed by atoms with Crippen LogP contribution in [0.15, 0.2) is 58.2 Å². The van der Waals surface area contributed by atoms with Crippen LogP contribution in [0.1, 0.15) is 5.56 Å². The van der Waals surface area contributed by atoms with E-state index in [-0.39, 0.29) is 10.6 Å². The van der Waals surface area contributed by atoms with E-state index in [1.165, 1.54) is 4.31 Å². The molecule has 1 saturated heterocycles. The largest absolute Gasteiger partial charge is 0.326 e. The number of aromatic nitrogens is 2. The Balaban J connectivity index is 1.68. The van der Waals surface area contributed by atoms with Crippen molar-refractivity contribution in [3.63, 3.8) is 0 Å². The summed E-state index contributed by atoms with van der Waals surface area (Å²) in [5, 5.41) is 0. The Morgan fingerprint density at radius 1 is 1.00 bits per heavy atom. The van der Waals surface area contributed by atoms with Gasteiger partial charge in [0.1, 0.15) is 0 Å². The van der Waals surface area contributed by atoms with Crippen LogP contribution in [-0.2, 0) is 16.6 Å². The number of likely N-dealkylation sites (N-methyl/N-ethyl adjacent to an activating group) is 1. The Morgan fingerprint density at radius 3 is 2.41 bits per heavy atom. The van der Waals surface area contributed by atoms with Crippen molar-refractivity contribution in [2.24, 2.45) is 0 Å². The number of nitrogens with zero attached hydrogens (tertiary/aromatic N) is 3. The third-order valence-corrected chi connectivity index (χ3v) is 6.92. The average molecular weight is 386 g/mol. The van der Waals surface area contributed by atoms with Gasteiger partial charge in [-0.15, -0.1) is 0 Å². The maximum atomic E-state index is 12.9. The second-order valence-corrected chi connectivity index (χ2v) is 8.83. The second kappa shape index (κ2) is 6.95. The first kappa shape index (κ1) is 18.0. The number of rotatable bonds is 4. The summed E-state index contributed by atoms with van der Waals surface area (Å²) in [5.74, 6) is 0. The van der Waals surface area contributed by atoms with Crippen molar-refractivity contribution >= 4 is 21.1 Å². The lowest BCUT2D eigenvalue weighted by Crippen LogP contribution is -2.46. The zero-order valence-electron chi connectivity index (χ0n) is 15.1. The molecule has 1 aromatic heterocycles. The second-order valence-electron chi connectivity index (χ2n) is 6.89. The molecule has 8 heteroatoms. The third-order valence-electron chi connectivity index (χ3n) is 5.03. The molecule has 1 aliphatic rings. The van der Waals surface area contributed by atoms with Gasteiger partial charge in [-0.05, 0) is 30.8 Å². The number of nitrogens with one attached hydrogen (secondary N) is 1. The van der Waals surface area contributed by atoms with Crippen LogP contribution in [0.5, 0.6) is 0 Å². The molecule has 1 N–H and O–H groups in total. The van der Waals surface area contributed by atoms with Crippen LogP contribution in [-0.4, -0.2) is 60.4 Å². The lowest BCUT2D eigenvalue weighted by Gasteiger charge is -2.31. The van der Waals surface area contributed by atoms with E-state index >= 15 is 0 Å². The average Bonchev–Trinajstić information content (AvgIpc) is 2.97. The summed E-state index contributed by atoms with van der Waals surface area (Å²) in [6.07, 6.45) is 0. The molecular formula is C19H22N4O3S. The zero-order valence-corrected chi connectivity index (χ0v) is 15.9. The molecule has 27 heavy (non-hydrogen) atoms.